The summed E-state index contributed by atoms with van der Waals surface area (Å²) in [4.78, 5) is 6.66. The number of ether oxygens (including phenoxy) is 1. The van der Waals surface area contributed by atoms with Crippen molar-refractivity contribution in [2.24, 2.45) is 5.92 Å². The van der Waals surface area contributed by atoms with E-state index in [1.807, 2.05) is 18.5 Å². The van der Waals surface area contributed by atoms with Gasteiger partial charge in [-0.25, -0.2) is 0 Å². The molecule has 2 rings (SSSR count). The average Bonchev–Trinajstić information content (AvgIpc) is 2.31. The molecule has 0 bridgehead atoms. The Bertz CT molecular complexity index is 300. The number of hydrogen-bond acceptors (Lipinski definition) is 3. The summed E-state index contributed by atoms with van der Waals surface area (Å²) in [5.41, 5.74) is 1.31. The second kappa shape index (κ2) is 5.97. The predicted octanol–water partition coefficient (Wildman–Crippen LogP) is 1.94. The van der Waals surface area contributed by atoms with E-state index in [9.17, 15) is 0 Å². The van der Waals surface area contributed by atoms with Crippen molar-refractivity contribution in [3.8, 4) is 0 Å². The van der Waals surface area contributed by atoms with Gasteiger partial charge < -0.3 is 4.74 Å². The fourth-order valence-corrected chi connectivity index (χ4v) is 2.42. The maximum absolute atomic E-state index is 5.24. The molecule has 2 heterocycles. The van der Waals surface area contributed by atoms with E-state index in [1.54, 1.807) is 7.11 Å². The molecule has 1 aliphatic heterocycles. The van der Waals surface area contributed by atoms with Crippen molar-refractivity contribution >= 4 is 0 Å². The fourth-order valence-electron chi connectivity index (χ4n) is 2.42. The van der Waals surface area contributed by atoms with Crippen LogP contribution in [0.25, 0.3) is 0 Å². The van der Waals surface area contributed by atoms with Crippen LogP contribution in [0.15, 0.2) is 24.5 Å². The van der Waals surface area contributed by atoms with Crippen molar-refractivity contribution in [3.05, 3.63) is 30.1 Å². The minimum Gasteiger partial charge on any atom is -0.384 e. The molecular formula is C13H20N2O. The highest BCUT2D eigenvalue weighted by atomic mass is 16.5. The molecular weight excluding hydrogens is 200 g/mol. The number of rotatable bonds is 4. The summed E-state index contributed by atoms with van der Waals surface area (Å²) in [5.74, 6) is 0.704. The van der Waals surface area contributed by atoms with E-state index in [0.29, 0.717) is 5.92 Å². The van der Waals surface area contributed by atoms with Gasteiger partial charge >= 0.3 is 0 Å². The Labute approximate surface area is 97.4 Å². The molecule has 1 unspecified atom stereocenters. The van der Waals surface area contributed by atoms with E-state index in [-0.39, 0.29) is 0 Å². The number of pyridine rings is 1. The number of likely N-dealkylation sites (tertiary alicyclic amines) is 1. The SMILES string of the molecule is COCC1CCCN(Cc2cccnc2)C1. The van der Waals surface area contributed by atoms with Crippen molar-refractivity contribution in [2.45, 2.75) is 19.4 Å². The highest BCUT2D eigenvalue weighted by Gasteiger charge is 2.19. The molecule has 1 atom stereocenters. The molecule has 0 N–H and O–H groups in total. The molecule has 0 radical (unpaired) electrons. The molecule has 0 spiro atoms. The van der Waals surface area contributed by atoms with Crippen LogP contribution in [0.2, 0.25) is 0 Å². The summed E-state index contributed by atoms with van der Waals surface area (Å²) in [6.45, 7) is 4.27. The maximum atomic E-state index is 5.24. The quantitative estimate of drug-likeness (QED) is 0.775. The lowest BCUT2D eigenvalue weighted by atomic mass is 9.98. The van der Waals surface area contributed by atoms with E-state index in [2.05, 4.69) is 16.0 Å². The Hall–Kier alpha value is -0.930. The van der Waals surface area contributed by atoms with Crippen molar-refractivity contribution in [1.82, 2.24) is 9.88 Å². The number of piperidine rings is 1. The minimum absolute atomic E-state index is 0.704. The molecule has 0 aliphatic carbocycles. The van der Waals surface area contributed by atoms with Crippen LogP contribution in [0.1, 0.15) is 18.4 Å². The topological polar surface area (TPSA) is 25.4 Å². The Morgan fingerprint density at radius 1 is 1.56 bits per heavy atom. The molecule has 0 aromatic carbocycles. The van der Waals surface area contributed by atoms with E-state index in [0.717, 1.165) is 19.7 Å². The second-order valence-corrected chi connectivity index (χ2v) is 4.56. The molecule has 3 nitrogen and oxygen atoms in total. The molecule has 0 amide bonds. The van der Waals surface area contributed by atoms with Crippen LogP contribution in [0.4, 0.5) is 0 Å². The van der Waals surface area contributed by atoms with Crippen molar-refractivity contribution in [3.63, 3.8) is 0 Å². The number of nitrogens with zero attached hydrogens (tertiary/aromatic N) is 2. The summed E-state index contributed by atoms with van der Waals surface area (Å²) >= 11 is 0. The minimum atomic E-state index is 0.704. The number of aromatic nitrogens is 1. The first-order chi connectivity index (χ1) is 7.88. The van der Waals surface area contributed by atoms with Crippen LogP contribution in [-0.2, 0) is 11.3 Å². The van der Waals surface area contributed by atoms with Gasteiger partial charge in [0.1, 0.15) is 0 Å². The smallest absolute Gasteiger partial charge is 0.0502 e. The van der Waals surface area contributed by atoms with Crippen LogP contribution < -0.4 is 0 Å². The van der Waals surface area contributed by atoms with Crippen LogP contribution in [0.3, 0.4) is 0 Å². The lowest BCUT2D eigenvalue weighted by molar-refractivity contribution is 0.0873. The Kier molecular flexibility index (Phi) is 4.31. The van der Waals surface area contributed by atoms with E-state index in [1.165, 1.54) is 24.9 Å². The molecule has 1 aliphatic rings. The van der Waals surface area contributed by atoms with Gasteiger partial charge in [0.25, 0.3) is 0 Å². The highest BCUT2D eigenvalue weighted by molar-refractivity contribution is 5.08. The molecule has 1 saturated heterocycles. The first-order valence-corrected chi connectivity index (χ1v) is 5.98. The lowest BCUT2D eigenvalue weighted by Crippen LogP contribution is -2.36. The Balaban J connectivity index is 1.85. The van der Waals surface area contributed by atoms with Gasteiger partial charge in [-0.2, -0.15) is 0 Å². The van der Waals surface area contributed by atoms with Gasteiger partial charge in [0, 0.05) is 32.6 Å². The Morgan fingerprint density at radius 2 is 2.50 bits per heavy atom. The standard InChI is InChI=1S/C13H20N2O/c1-16-11-13-5-3-7-15(10-13)9-12-4-2-6-14-8-12/h2,4,6,8,13H,3,5,7,9-11H2,1H3. The molecule has 88 valence electrons. The van der Waals surface area contributed by atoms with Crippen LogP contribution >= 0.6 is 0 Å². The third-order valence-corrected chi connectivity index (χ3v) is 3.13. The van der Waals surface area contributed by atoms with Crippen LogP contribution in [-0.4, -0.2) is 36.7 Å². The first kappa shape index (κ1) is 11.6. The van der Waals surface area contributed by atoms with E-state index < -0.39 is 0 Å². The van der Waals surface area contributed by atoms with Crippen molar-refractivity contribution < 1.29 is 4.74 Å². The Morgan fingerprint density at radius 3 is 3.25 bits per heavy atom. The zero-order chi connectivity index (χ0) is 11.2. The zero-order valence-electron chi connectivity index (χ0n) is 9.93. The molecule has 16 heavy (non-hydrogen) atoms. The van der Waals surface area contributed by atoms with Crippen LogP contribution in [0, 0.1) is 5.92 Å². The van der Waals surface area contributed by atoms with Gasteiger partial charge in [0.05, 0.1) is 6.61 Å². The third kappa shape index (κ3) is 3.29. The van der Waals surface area contributed by atoms with Crippen molar-refractivity contribution in [2.75, 3.05) is 26.8 Å². The first-order valence-electron chi connectivity index (χ1n) is 5.98. The van der Waals surface area contributed by atoms with Gasteiger partial charge in [0.15, 0.2) is 0 Å². The van der Waals surface area contributed by atoms with Gasteiger partial charge in [-0.15, -0.1) is 0 Å². The molecule has 1 fully saturated rings. The van der Waals surface area contributed by atoms with E-state index in [4.69, 9.17) is 4.74 Å². The maximum Gasteiger partial charge on any atom is 0.0502 e. The zero-order valence-corrected chi connectivity index (χ0v) is 9.93. The molecule has 1 aromatic rings. The lowest BCUT2D eigenvalue weighted by Gasteiger charge is -2.32. The summed E-state index contributed by atoms with van der Waals surface area (Å²) in [7, 11) is 1.79. The largest absolute Gasteiger partial charge is 0.384 e. The summed E-state index contributed by atoms with van der Waals surface area (Å²) in [6.07, 6.45) is 6.37. The normalized spacial score (nSPS) is 22.2. The second-order valence-electron chi connectivity index (χ2n) is 4.56. The molecule has 0 saturated carbocycles. The van der Waals surface area contributed by atoms with Gasteiger partial charge in [-0.1, -0.05) is 6.07 Å². The third-order valence-electron chi connectivity index (χ3n) is 3.13. The number of methoxy groups -OCH3 is 1. The van der Waals surface area contributed by atoms with Gasteiger partial charge in [-0.3, -0.25) is 9.88 Å². The molecule has 1 aromatic heterocycles. The van der Waals surface area contributed by atoms with Crippen LogP contribution in [0.5, 0.6) is 0 Å². The van der Waals surface area contributed by atoms with Gasteiger partial charge in [-0.05, 0) is 36.9 Å². The fraction of sp³-hybridized carbons (Fsp3) is 0.615. The predicted molar refractivity (Wildman–Crippen MR) is 64.1 cm³/mol. The monoisotopic (exact) mass is 220 g/mol. The summed E-state index contributed by atoms with van der Waals surface area (Å²) < 4.78 is 5.24. The number of hydrogen-bond donors (Lipinski definition) is 0. The summed E-state index contributed by atoms with van der Waals surface area (Å²) in [5, 5.41) is 0. The van der Waals surface area contributed by atoms with Gasteiger partial charge in [0.2, 0.25) is 0 Å². The average molecular weight is 220 g/mol. The van der Waals surface area contributed by atoms with E-state index >= 15 is 0 Å². The van der Waals surface area contributed by atoms with Crippen molar-refractivity contribution in [1.29, 1.82) is 0 Å². The molecule has 3 heteroatoms. The highest BCUT2D eigenvalue weighted by Crippen LogP contribution is 2.18. The summed E-state index contributed by atoms with van der Waals surface area (Å²) in [6, 6.07) is 4.15.